The van der Waals surface area contributed by atoms with E-state index in [2.05, 4.69) is 4.99 Å². The monoisotopic (exact) mass is 289 g/mol. The molecule has 0 spiro atoms. The van der Waals surface area contributed by atoms with E-state index in [9.17, 15) is 13.2 Å². The Hall–Kier alpha value is -2.10. The summed E-state index contributed by atoms with van der Waals surface area (Å²) < 4.78 is 38.4. The lowest BCUT2D eigenvalue weighted by Crippen LogP contribution is -2.07. The Balaban J connectivity index is 2.03. The third-order valence-electron chi connectivity index (χ3n) is 3.63. The second kappa shape index (κ2) is 5.35. The highest BCUT2D eigenvalue weighted by atomic mass is 19.4. The molecule has 0 N–H and O–H groups in total. The Bertz CT molecular complexity index is 686. The van der Waals surface area contributed by atoms with Gasteiger partial charge in [-0.2, -0.15) is 13.2 Å². The SMILES string of the molecule is FC(F)(F)c1cccc(C2=Nc3ccccc3CCC2)c1. The molecule has 1 nitrogen and oxygen atoms in total. The number of aryl methyl sites for hydroxylation is 1. The van der Waals surface area contributed by atoms with Crippen LogP contribution in [0.1, 0.15) is 29.5 Å². The van der Waals surface area contributed by atoms with E-state index in [1.54, 1.807) is 6.07 Å². The fourth-order valence-corrected chi connectivity index (χ4v) is 2.56. The molecule has 2 aromatic carbocycles. The van der Waals surface area contributed by atoms with Crippen molar-refractivity contribution in [1.29, 1.82) is 0 Å². The van der Waals surface area contributed by atoms with Gasteiger partial charge in [0.25, 0.3) is 0 Å². The lowest BCUT2D eigenvalue weighted by Gasteiger charge is -2.10. The molecule has 0 amide bonds. The zero-order valence-corrected chi connectivity index (χ0v) is 11.3. The molecule has 0 bridgehead atoms. The van der Waals surface area contributed by atoms with Crippen LogP contribution in [0.5, 0.6) is 0 Å². The van der Waals surface area contributed by atoms with Crippen LogP contribution < -0.4 is 0 Å². The number of benzene rings is 2. The molecule has 2 aromatic rings. The lowest BCUT2D eigenvalue weighted by molar-refractivity contribution is -0.137. The number of nitrogens with zero attached hydrogens (tertiary/aromatic N) is 1. The number of fused-ring (bicyclic) bond motifs is 1. The molecular weight excluding hydrogens is 275 g/mol. The molecule has 0 radical (unpaired) electrons. The van der Waals surface area contributed by atoms with Crippen LogP contribution in [0.2, 0.25) is 0 Å². The Morgan fingerprint density at radius 2 is 1.71 bits per heavy atom. The third-order valence-corrected chi connectivity index (χ3v) is 3.63. The van der Waals surface area contributed by atoms with Gasteiger partial charge < -0.3 is 0 Å². The van der Waals surface area contributed by atoms with Crippen molar-refractivity contribution < 1.29 is 13.2 Å². The van der Waals surface area contributed by atoms with Gasteiger partial charge in [0.2, 0.25) is 0 Å². The zero-order valence-electron chi connectivity index (χ0n) is 11.3. The van der Waals surface area contributed by atoms with Crippen molar-refractivity contribution in [2.24, 2.45) is 4.99 Å². The predicted octanol–water partition coefficient (Wildman–Crippen LogP) is 5.16. The molecule has 0 fully saturated rings. The van der Waals surface area contributed by atoms with Gasteiger partial charge in [-0.1, -0.05) is 30.3 Å². The zero-order chi connectivity index (χ0) is 14.9. The number of hydrogen-bond acceptors (Lipinski definition) is 1. The summed E-state index contributed by atoms with van der Waals surface area (Å²) in [5.41, 5.74) is 2.68. The first kappa shape index (κ1) is 13.9. The molecule has 108 valence electrons. The first-order valence-corrected chi connectivity index (χ1v) is 6.87. The summed E-state index contributed by atoms with van der Waals surface area (Å²) in [6.45, 7) is 0. The summed E-state index contributed by atoms with van der Waals surface area (Å²) >= 11 is 0. The molecule has 0 saturated carbocycles. The maximum atomic E-state index is 12.8. The summed E-state index contributed by atoms with van der Waals surface area (Å²) in [5, 5.41) is 0. The molecule has 21 heavy (non-hydrogen) atoms. The second-order valence-corrected chi connectivity index (χ2v) is 5.12. The summed E-state index contributed by atoms with van der Waals surface area (Å²) in [5.74, 6) is 0. The minimum Gasteiger partial charge on any atom is -0.253 e. The predicted molar refractivity (Wildman–Crippen MR) is 77.0 cm³/mol. The van der Waals surface area contributed by atoms with E-state index in [0.717, 1.165) is 35.9 Å². The number of para-hydroxylation sites is 1. The number of aliphatic imine (C=N–C) groups is 1. The van der Waals surface area contributed by atoms with E-state index >= 15 is 0 Å². The van der Waals surface area contributed by atoms with Gasteiger partial charge in [-0.3, -0.25) is 4.99 Å². The van der Waals surface area contributed by atoms with Gasteiger partial charge in [-0.25, -0.2) is 0 Å². The fraction of sp³-hybridized carbons (Fsp3) is 0.235. The molecule has 1 aliphatic rings. The highest BCUT2D eigenvalue weighted by Crippen LogP contribution is 2.31. The van der Waals surface area contributed by atoms with Crippen molar-refractivity contribution in [3.05, 3.63) is 65.2 Å². The molecule has 3 rings (SSSR count). The number of rotatable bonds is 1. The van der Waals surface area contributed by atoms with E-state index in [4.69, 9.17) is 0 Å². The van der Waals surface area contributed by atoms with Crippen LogP contribution >= 0.6 is 0 Å². The van der Waals surface area contributed by atoms with Crippen LogP contribution in [-0.2, 0) is 12.6 Å². The summed E-state index contributed by atoms with van der Waals surface area (Å²) in [7, 11) is 0. The van der Waals surface area contributed by atoms with Crippen LogP contribution in [0, 0.1) is 0 Å². The highest BCUT2D eigenvalue weighted by Gasteiger charge is 2.30. The van der Waals surface area contributed by atoms with E-state index < -0.39 is 11.7 Å². The van der Waals surface area contributed by atoms with Gasteiger partial charge in [-0.05, 0) is 48.6 Å². The Morgan fingerprint density at radius 1 is 0.905 bits per heavy atom. The largest absolute Gasteiger partial charge is 0.416 e. The normalized spacial score (nSPS) is 15.1. The maximum Gasteiger partial charge on any atom is 0.416 e. The van der Waals surface area contributed by atoms with E-state index in [0.29, 0.717) is 12.0 Å². The van der Waals surface area contributed by atoms with Gasteiger partial charge in [0.15, 0.2) is 0 Å². The molecule has 0 aromatic heterocycles. The molecule has 4 heteroatoms. The topological polar surface area (TPSA) is 12.4 Å². The average molecular weight is 289 g/mol. The Morgan fingerprint density at radius 3 is 2.52 bits per heavy atom. The number of alkyl halides is 3. The maximum absolute atomic E-state index is 12.8. The van der Waals surface area contributed by atoms with Crippen LogP contribution in [0.4, 0.5) is 18.9 Å². The van der Waals surface area contributed by atoms with E-state index in [-0.39, 0.29) is 0 Å². The lowest BCUT2D eigenvalue weighted by atomic mass is 10.0. The van der Waals surface area contributed by atoms with E-state index in [1.807, 2.05) is 24.3 Å². The molecule has 0 unspecified atom stereocenters. The van der Waals surface area contributed by atoms with Crippen molar-refractivity contribution >= 4 is 11.4 Å². The fourth-order valence-electron chi connectivity index (χ4n) is 2.56. The molecular formula is C17H14F3N. The summed E-state index contributed by atoms with van der Waals surface area (Å²) in [6, 6.07) is 13.2. The average Bonchev–Trinajstić information content (AvgIpc) is 2.68. The smallest absolute Gasteiger partial charge is 0.253 e. The second-order valence-electron chi connectivity index (χ2n) is 5.12. The summed E-state index contributed by atoms with van der Waals surface area (Å²) in [6.07, 6.45) is -1.83. The van der Waals surface area contributed by atoms with Gasteiger partial charge in [0.05, 0.1) is 11.3 Å². The first-order chi connectivity index (χ1) is 10.0. The van der Waals surface area contributed by atoms with Crippen LogP contribution in [0.3, 0.4) is 0 Å². The van der Waals surface area contributed by atoms with Gasteiger partial charge >= 0.3 is 6.18 Å². The van der Waals surface area contributed by atoms with Crippen molar-refractivity contribution in [3.8, 4) is 0 Å². The van der Waals surface area contributed by atoms with Crippen molar-refractivity contribution in [2.75, 3.05) is 0 Å². The first-order valence-electron chi connectivity index (χ1n) is 6.87. The number of hydrogen-bond donors (Lipinski definition) is 0. The van der Waals surface area contributed by atoms with Crippen LogP contribution in [0.25, 0.3) is 0 Å². The molecule has 0 saturated heterocycles. The molecule has 0 atom stereocenters. The third kappa shape index (κ3) is 2.99. The molecule has 1 heterocycles. The molecule has 1 aliphatic heterocycles. The minimum absolute atomic E-state index is 0.557. The minimum atomic E-state index is -4.32. The Kier molecular flexibility index (Phi) is 3.53. The van der Waals surface area contributed by atoms with Gasteiger partial charge in [0, 0.05) is 5.71 Å². The number of halogens is 3. The van der Waals surface area contributed by atoms with Crippen LogP contribution in [0.15, 0.2) is 53.5 Å². The standard InChI is InChI=1S/C17H14F3N/c18-17(19,20)14-8-3-7-13(11-14)16-10-4-6-12-5-1-2-9-15(12)21-16/h1-3,5,7-9,11H,4,6,10H2. The quantitative estimate of drug-likeness (QED) is 0.687. The van der Waals surface area contributed by atoms with Crippen molar-refractivity contribution in [1.82, 2.24) is 0 Å². The van der Waals surface area contributed by atoms with Crippen molar-refractivity contribution in [3.63, 3.8) is 0 Å². The summed E-state index contributed by atoms with van der Waals surface area (Å²) in [4.78, 5) is 4.58. The van der Waals surface area contributed by atoms with E-state index in [1.165, 1.54) is 12.1 Å². The van der Waals surface area contributed by atoms with Crippen LogP contribution in [-0.4, -0.2) is 5.71 Å². The highest BCUT2D eigenvalue weighted by molar-refractivity contribution is 6.02. The van der Waals surface area contributed by atoms with Crippen molar-refractivity contribution in [2.45, 2.75) is 25.4 Å². The van der Waals surface area contributed by atoms with Gasteiger partial charge in [0.1, 0.15) is 0 Å². The molecule has 0 aliphatic carbocycles. The van der Waals surface area contributed by atoms with Gasteiger partial charge in [-0.15, -0.1) is 0 Å². The Labute approximate surface area is 121 Å².